The monoisotopic (exact) mass is 1600 g/mol. The average molecular weight is 1600 g/mol. The quantitative estimate of drug-likeness (QED) is 0.0432. The summed E-state index contributed by atoms with van der Waals surface area (Å²) in [6, 6.07) is 63.1. The Labute approximate surface area is 650 Å². The second kappa shape index (κ2) is 39.9. The lowest BCUT2D eigenvalue weighted by molar-refractivity contribution is -0.191. The fourth-order valence-electron chi connectivity index (χ4n) is 10.9. The van der Waals surface area contributed by atoms with Crippen LogP contribution in [0.4, 0.5) is 22.7 Å². The van der Waals surface area contributed by atoms with Crippen molar-refractivity contribution in [1.29, 1.82) is 0 Å². The zero-order chi connectivity index (χ0) is 81.4. The molecule has 0 fully saturated rings. The topological polar surface area (TPSA) is 352 Å². The Morgan fingerprint density at radius 1 is 0.351 bits per heavy atom. The maximum Gasteiger partial charge on any atom is 0.373 e. The number of nitrogens with zero attached hydrogens (tertiary/aromatic N) is 8. The van der Waals surface area contributed by atoms with Crippen molar-refractivity contribution in [3.8, 4) is 0 Å². The molecule has 0 aliphatic rings. The number of fused-ring (bicyclic) bond motifs is 4. The molecule has 111 heavy (non-hydrogen) atoms. The van der Waals surface area contributed by atoms with E-state index in [-0.39, 0.29) is 43.7 Å². The van der Waals surface area contributed by atoms with E-state index >= 15 is 0 Å². The molecule has 8 aromatic carbocycles. The lowest BCUT2D eigenvalue weighted by atomic mass is 10.1. The molecule has 4 heterocycles. The maximum atomic E-state index is 12.8. The Hall–Kier alpha value is -11.2. The molecule has 0 bridgehead atoms. The summed E-state index contributed by atoms with van der Waals surface area (Å²) in [5.41, 5.74) is 11.1. The number of hydrogen-bond donors (Lipinski definition) is 4. The molecule has 26 nitrogen and oxygen atoms in total. The van der Waals surface area contributed by atoms with Gasteiger partial charge in [0.15, 0.2) is 5.78 Å². The number of Topliss-reactive ketones (excluding diaryl/α,β-unsaturated/α-hetero) is 2. The highest BCUT2D eigenvalue weighted by atomic mass is 32.2. The van der Waals surface area contributed by atoms with E-state index in [2.05, 4.69) is 38.8 Å². The molecule has 0 unspecified atom stereocenters. The van der Waals surface area contributed by atoms with Crippen molar-refractivity contribution >= 4 is 136 Å². The molecule has 0 saturated heterocycles. The highest BCUT2D eigenvalue weighted by molar-refractivity contribution is 7.93. The molecule has 12 aromatic rings. The highest BCUT2D eigenvalue weighted by Gasteiger charge is 2.22. The molecule has 0 spiro atoms. The summed E-state index contributed by atoms with van der Waals surface area (Å²) in [6.07, 6.45) is 0.537. The predicted molar refractivity (Wildman–Crippen MR) is 433 cm³/mol. The number of hydrogen-bond acceptors (Lipinski definition) is 22. The van der Waals surface area contributed by atoms with Crippen LogP contribution in [0.5, 0.6) is 0 Å². The number of anilines is 4. The van der Waals surface area contributed by atoms with Gasteiger partial charge in [-0.25, -0.2) is 53.6 Å². The minimum absolute atomic E-state index is 0.0316. The van der Waals surface area contributed by atoms with Crippen LogP contribution in [0, 0.1) is 13.8 Å². The highest BCUT2D eigenvalue weighted by Crippen LogP contribution is 2.30. The van der Waals surface area contributed by atoms with Gasteiger partial charge in [-0.1, -0.05) is 132 Å². The van der Waals surface area contributed by atoms with Crippen molar-refractivity contribution in [2.75, 3.05) is 75.3 Å². The van der Waals surface area contributed by atoms with E-state index in [4.69, 9.17) is 18.0 Å². The standard InChI is InChI=1S/C21H23N3O3S.C20H21N3O3S.2C19H21N3O2S.CO2.O2S/c1-15(25)13-16-7-11-19(12-8-16)28(26,27)23-20-6-4-5-17-9-10-18(14-24(2)3)22-21(17)20;1-14(24)15-8-11-18(12-9-15)27(25,26)22-19-6-4-5-16-7-10-17(13-23(2)3)21-20(16)19;2*1-14-7-11-17(12-8-14)25(23,24)21-18-6-4-5-15-9-10-16(13-22(2)3)20-19(15)18;2-1-3;1-3-2/h4-12,23H,13-14H2,1-3H3;4-12,22H,13H2,1-3H3;2*4-12,21H,13H2,1-3H3;;. The number of sulfonamides is 4. The first-order valence-electron chi connectivity index (χ1n) is 34.0. The molecule has 0 saturated carbocycles. The van der Waals surface area contributed by atoms with Crippen LogP contribution in [0.1, 0.15) is 63.7 Å². The van der Waals surface area contributed by atoms with Gasteiger partial charge in [-0.15, -0.1) is 0 Å². The Kier molecular flexibility index (Phi) is 31.3. The van der Waals surface area contributed by atoms with E-state index in [9.17, 15) is 43.3 Å². The SMILES string of the molecule is CC(=O)Cc1ccc(S(=O)(=O)Nc2cccc3ccc(CN(C)C)nc23)cc1.CC(=O)c1ccc(S(=O)(=O)Nc2cccc3ccc(CN(C)C)nc23)cc1.Cc1ccc(S(=O)(=O)Nc2cccc3ccc(CN(C)C)nc23)cc1.Cc1ccc(S(=O)(=O)Nc2cccc3ccc(CN(C)C)nc23)cc1.O=C=O.O=S=O. The molecule has 580 valence electrons. The minimum Gasteiger partial charge on any atom is -0.304 e. The minimum atomic E-state index is -3.79. The molecule has 0 aliphatic heterocycles. The van der Waals surface area contributed by atoms with Gasteiger partial charge in [-0.2, -0.15) is 18.0 Å². The van der Waals surface area contributed by atoms with Crippen LogP contribution in [0.2, 0.25) is 0 Å². The first-order chi connectivity index (χ1) is 52.5. The van der Waals surface area contributed by atoms with Crippen molar-refractivity contribution in [1.82, 2.24) is 39.5 Å². The second-order valence-electron chi connectivity index (χ2n) is 26.5. The van der Waals surface area contributed by atoms with E-state index in [1.54, 1.807) is 97.1 Å². The van der Waals surface area contributed by atoms with E-state index in [1.165, 1.54) is 50.2 Å². The Balaban J connectivity index is 0.000000201. The van der Waals surface area contributed by atoms with Gasteiger partial charge >= 0.3 is 17.7 Å². The zero-order valence-electron chi connectivity index (χ0n) is 63.2. The first-order valence-corrected chi connectivity index (χ1v) is 40.6. The molecule has 0 aliphatic carbocycles. The molecular weight excluding hydrogens is 1510 g/mol. The van der Waals surface area contributed by atoms with Crippen molar-refractivity contribution in [2.24, 2.45) is 0 Å². The average Bonchev–Trinajstić information content (AvgIpc) is 0.808. The van der Waals surface area contributed by atoms with Gasteiger partial charge in [0, 0.05) is 59.7 Å². The summed E-state index contributed by atoms with van der Waals surface area (Å²) in [5, 5.41) is 3.50. The second-order valence-corrected chi connectivity index (χ2v) is 33.3. The van der Waals surface area contributed by atoms with Crippen LogP contribution >= 0.6 is 0 Å². The van der Waals surface area contributed by atoms with Crippen molar-refractivity contribution < 1.29 is 61.3 Å². The molecule has 4 aromatic heterocycles. The van der Waals surface area contributed by atoms with Crippen LogP contribution in [0.25, 0.3) is 43.6 Å². The Bertz CT molecular complexity index is 5630. The number of para-hydroxylation sites is 4. The number of ketones is 2. The number of aromatic nitrogens is 4. The van der Waals surface area contributed by atoms with E-state index in [0.717, 1.165) is 61.0 Å². The maximum absolute atomic E-state index is 12.8. The summed E-state index contributed by atoms with van der Waals surface area (Å²) in [5.74, 6) is -0.0809. The fraction of sp³-hybridized carbons (Fsp3) is 0.212. The van der Waals surface area contributed by atoms with E-state index < -0.39 is 51.7 Å². The normalized spacial score (nSPS) is 11.3. The number of carbonyl (C=O) groups excluding carboxylic acids is 4. The van der Waals surface area contributed by atoms with E-state index in [1.807, 2.05) is 175 Å². The predicted octanol–water partition coefficient (Wildman–Crippen LogP) is 12.1. The lowest BCUT2D eigenvalue weighted by Gasteiger charge is -2.13. The number of nitrogens with one attached hydrogen (secondary N) is 4. The summed E-state index contributed by atoms with van der Waals surface area (Å²) < 4.78 is 129. The van der Waals surface area contributed by atoms with Crippen molar-refractivity contribution in [3.05, 3.63) is 263 Å². The molecule has 0 atom stereocenters. The van der Waals surface area contributed by atoms with Gasteiger partial charge in [0.1, 0.15) is 5.78 Å². The van der Waals surface area contributed by atoms with Gasteiger partial charge in [0.05, 0.1) is 87.2 Å². The number of rotatable bonds is 23. The van der Waals surface area contributed by atoms with Crippen molar-refractivity contribution in [2.45, 2.75) is 79.9 Å². The Morgan fingerprint density at radius 2 is 0.577 bits per heavy atom. The summed E-state index contributed by atoms with van der Waals surface area (Å²) in [4.78, 5) is 66.1. The van der Waals surface area contributed by atoms with Gasteiger partial charge in [-0.3, -0.25) is 28.5 Å². The Morgan fingerprint density at radius 3 is 0.793 bits per heavy atom. The largest absolute Gasteiger partial charge is 0.373 e. The van der Waals surface area contributed by atoms with Gasteiger partial charge < -0.3 is 19.6 Å². The lowest BCUT2D eigenvalue weighted by Crippen LogP contribution is -2.14. The smallest absolute Gasteiger partial charge is 0.304 e. The van der Waals surface area contributed by atoms with Crippen molar-refractivity contribution in [3.63, 3.8) is 0 Å². The van der Waals surface area contributed by atoms with E-state index in [0.29, 0.717) is 76.6 Å². The molecule has 0 amide bonds. The van der Waals surface area contributed by atoms with Crippen LogP contribution in [0.15, 0.2) is 238 Å². The summed E-state index contributed by atoms with van der Waals surface area (Å²) in [7, 11) is 0.807. The molecular formula is C80H86N12O14S5. The number of aryl methyl sites for hydroxylation is 2. The van der Waals surface area contributed by atoms with Crippen LogP contribution in [-0.2, 0) is 98.6 Å². The summed E-state index contributed by atoms with van der Waals surface area (Å²) >= 11 is -0.750. The number of carbonyl (C=O) groups is 2. The third-order valence-corrected chi connectivity index (χ3v) is 21.4. The van der Waals surface area contributed by atoms with Gasteiger partial charge in [0.25, 0.3) is 40.1 Å². The molecule has 0 radical (unpaired) electrons. The number of benzene rings is 8. The number of pyridine rings is 4. The summed E-state index contributed by atoms with van der Waals surface area (Å²) in [6.45, 7) is 9.48. The van der Waals surface area contributed by atoms with Crippen LogP contribution in [-0.4, -0.2) is 156 Å². The van der Waals surface area contributed by atoms with Gasteiger partial charge in [-0.05, 0) is 187 Å². The zero-order valence-corrected chi connectivity index (χ0v) is 67.2. The third-order valence-electron chi connectivity index (χ3n) is 15.9. The first kappa shape index (κ1) is 87.0. The van der Waals surface area contributed by atoms with Gasteiger partial charge in [0.2, 0.25) is 0 Å². The fourth-order valence-corrected chi connectivity index (χ4v) is 15.2. The van der Waals surface area contributed by atoms with Crippen LogP contribution in [0.3, 0.4) is 0 Å². The third kappa shape index (κ3) is 26.0. The molecule has 4 N–H and O–H groups in total. The van der Waals surface area contributed by atoms with Crippen LogP contribution < -0.4 is 18.9 Å². The molecule has 12 rings (SSSR count). The molecule has 31 heteroatoms.